The van der Waals surface area contributed by atoms with Gasteiger partial charge in [-0.2, -0.15) is 0 Å². The van der Waals surface area contributed by atoms with Crippen LogP contribution in [0.25, 0.3) is 0 Å². The van der Waals surface area contributed by atoms with Crippen LogP contribution in [0.3, 0.4) is 0 Å². The number of hydrogen-bond donors (Lipinski definition) is 1. The second kappa shape index (κ2) is 8.47. The fourth-order valence-corrected chi connectivity index (χ4v) is 3.31. The Morgan fingerprint density at radius 3 is 2.46 bits per heavy atom. The monoisotopic (exact) mass is 395 g/mol. The van der Waals surface area contributed by atoms with Gasteiger partial charge in [-0.3, -0.25) is 4.79 Å². The Hall–Kier alpha value is -2.18. The van der Waals surface area contributed by atoms with Gasteiger partial charge in [0, 0.05) is 42.8 Å². The predicted molar refractivity (Wildman–Crippen MR) is 99.7 cm³/mol. The van der Waals surface area contributed by atoms with Crippen LogP contribution in [-0.2, 0) is 6.42 Å². The molecule has 3 amide bonds. The number of halogens is 2. The van der Waals surface area contributed by atoms with Crippen molar-refractivity contribution in [2.75, 3.05) is 32.7 Å². The molecule has 8 heteroatoms. The van der Waals surface area contributed by atoms with Crippen molar-refractivity contribution in [2.45, 2.75) is 6.42 Å². The van der Waals surface area contributed by atoms with Crippen LogP contribution in [0.15, 0.2) is 41.0 Å². The van der Waals surface area contributed by atoms with Gasteiger partial charge in [0.1, 0.15) is 0 Å². The molecule has 0 spiro atoms. The Morgan fingerprint density at radius 1 is 1.08 bits per heavy atom. The third kappa shape index (κ3) is 4.51. The molecule has 0 aliphatic carbocycles. The Balaban J connectivity index is 1.43. The van der Waals surface area contributed by atoms with Crippen LogP contribution in [0.4, 0.5) is 4.79 Å². The van der Waals surface area contributed by atoms with E-state index in [2.05, 4.69) is 5.32 Å². The zero-order chi connectivity index (χ0) is 18.5. The van der Waals surface area contributed by atoms with E-state index in [1.807, 2.05) is 6.07 Å². The fraction of sp³-hybridized carbons (Fsp3) is 0.333. The normalized spacial score (nSPS) is 14.4. The molecule has 0 saturated carbocycles. The first-order valence-corrected chi connectivity index (χ1v) is 9.09. The third-order valence-electron chi connectivity index (χ3n) is 4.27. The molecule has 2 aromatic rings. The van der Waals surface area contributed by atoms with E-state index in [-0.39, 0.29) is 11.9 Å². The number of furan rings is 1. The molecule has 1 fully saturated rings. The Kier molecular flexibility index (Phi) is 6.06. The minimum absolute atomic E-state index is 0.139. The molecule has 0 atom stereocenters. The summed E-state index contributed by atoms with van der Waals surface area (Å²) in [5.41, 5.74) is 0.935. The third-order valence-corrected chi connectivity index (χ3v) is 4.86. The number of hydrogen-bond acceptors (Lipinski definition) is 3. The highest BCUT2D eigenvalue weighted by atomic mass is 35.5. The Morgan fingerprint density at radius 2 is 1.81 bits per heavy atom. The summed E-state index contributed by atoms with van der Waals surface area (Å²) in [5, 5.41) is 4.07. The van der Waals surface area contributed by atoms with Crippen molar-refractivity contribution in [1.82, 2.24) is 15.1 Å². The van der Waals surface area contributed by atoms with E-state index in [0.29, 0.717) is 55.0 Å². The van der Waals surface area contributed by atoms with Gasteiger partial charge in [-0.25, -0.2) is 4.79 Å². The first kappa shape index (κ1) is 18.6. The fourth-order valence-electron chi connectivity index (χ4n) is 2.81. The van der Waals surface area contributed by atoms with E-state index in [4.69, 9.17) is 27.6 Å². The van der Waals surface area contributed by atoms with Gasteiger partial charge < -0.3 is 19.5 Å². The number of urea groups is 1. The minimum atomic E-state index is -0.146. The first-order valence-electron chi connectivity index (χ1n) is 8.34. The first-order chi connectivity index (χ1) is 12.5. The molecule has 1 aliphatic rings. The van der Waals surface area contributed by atoms with E-state index < -0.39 is 0 Å². The highest BCUT2D eigenvalue weighted by Crippen LogP contribution is 2.21. The highest BCUT2D eigenvalue weighted by Gasteiger charge is 2.25. The summed E-state index contributed by atoms with van der Waals surface area (Å²) >= 11 is 12.0. The van der Waals surface area contributed by atoms with Gasteiger partial charge >= 0.3 is 6.03 Å². The molecule has 1 aliphatic heterocycles. The molecular formula is C18H19Cl2N3O3. The van der Waals surface area contributed by atoms with Gasteiger partial charge in [0.15, 0.2) is 5.76 Å². The van der Waals surface area contributed by atoms with E-state index in [1.165, 1.54) is 6.26 Å². The van der Waals surface area contributed by atoms with Crippen LogP contribution in [0, 0.1) is 0 Å². The largest absolute Gasteiger partial charge is 0.459 e. The van der Waals surface area contributed by atoms with Gasteiger partial charge in [0.2, 0.25) is 0 Å². The lowest BCUT2D eigenvalue weighted by Crippen LogP contribution is -2.53. The van der Waals surface area contributed by atoms with E-state index in [9.17, 15) is 9.59 Å². The lowest BCUT2D eigenvalue weighted by atomic mass is 10.1. The van der Waals surface area contributed by atoms with E-state index >= 15 is 0 Å². The van der Waals surface area contributed by atoms with Crippen molar-refractivity contribution in [3.8, 4) is 0 Å². The second-order valence-electron chi connectivity index (χ2n) is 5.97. The number of benzene rings is 1. The maximum Gasteiger partial charge on any atom is 0.317 e. The maximum absolute atomic E-state index is 12.3. The second-order valence-corrected chi connectivity index (χ2v) is 6.82. The van der Waals surface area contributed by atoms with Gasteiger partial charge in [-0.15, -0.1) is 0 Å². The van der Waals surface area contributed by atoms with Crippen molar-refractivity contribution in [3.63, 3.8) is 0 Å². The Labute approximate surface area is 161 Å². The number of nitrogens with zero attached hydrogens (tertiary/aromatic N) is 2. The molecule has 2 heterocycles. The van der Waals surface area contributed by atoms with Crippen LogP contribution in [0.2, 0.25) is 10.0 Å². The number of amides is 3. The molecular weight excluding hydrogens is 377 g/mol. The van der Waals surface area contributed by atoms with E-state index in [0.717, 1.165) is 5.56 Å². The average Bonchev–Trinajstić information content (AvgIpc) is 3.17. The molecule has 0 bridgehead atoms. The standard InChI is InChI=1S/C18H19Cl2N3O3/c19-14-4-3-13(15(20)12-14)5-6-21-18(25)23-9-7-22(8-10-23)17(24)16-2-1-11-26-16/h1-4,11-12H,5-10H2,(H,21,25). The summed E-state index contributed by atoms with van der Waals surface area (Å²) in [4.78, 5) is 27.9. The number of carbonyl (C=O) groups is 2. The molecule has 3 rings (SSSR count). The highest BCUT2D eigenvalue weighted by molar-refractivity contribution is 6.35. The lowest BCUT2D eigenvalue weighted by Gasteiger charge is -2.34. The maximum atomic E-state index is 12.3. The Bertz CT molecular complexity index is 772. The van der Waals surface area contributed by atoms with Crippen LogP contribution in [-0.4, -0.2) is 54.5 Å². The van der Waals surface area contributed by atoms with Crippen LogP contribution < -0.4 is 5.32 Å². The smallest absolute Gasteiger partial charge is 0.317 e. The van der Waals surface area contributed by atoms with Crippen LogP contribution in [0.1, 0.15) is 16.1 Å². The topological polar surface area (TPSA) is 65.8 Å². The molecule has 138 valence electrons. The quantitative estimate of drug-likeness (QED) is 0.863. The number of piperazine rings is 1. The van der Waals surface area contributed by atoms with Crippen LogP contribution in [0.5, 0.6) is 0 Å². The van der Waals surface area contributed by atoms with Crippen molar-refractivity contribution in [3.05, 3.63) is 58.0 Å². The molecule has 1 aromatic carbocycles. The van der Waals surface area contributed by atoms with Gasteiger partial charge in [-0.05, 0) is 36.2 Å². The van der Waals surface area contributed by atoms with Gasteiger partial charge in [0.05, 0.1) is 6.26 Å². The van der Waals surface area contributed by atoms with Crippen molar-refractivity contribution in [2.24, 2.45) is 0 Å². The van der Waals surface area contributed by atoms with Gasteiger partial charge in [-0.1, -0.05) is 29.3 Å². The molecule has 1 aromatic heterocycles. The summed E-state index contributed by atoms with van der Waals surface area (Å²) in [6.07, 6.45) is 2.10. The number of carbonyl (C=O) groups excluding carboxylic acids is 2. The molecule has 6 nitrogen and oxygen atoms in total. The molecule has 0 radical (unpaired) electrons. The lowest BCUT2D eigenvalue weighted by molar-refractivity contribution is 0.0634. The summed E-state index contributed by atoms with van der Waals surface area (Å²) in [6, 6.07) is 8.51. The summed E-state index contributed by atoms with van der Waals surface area (Å²) < 4.78 is 5.13. The zero-order valence-electron chi connectivity index (χ0n) is 14.1. The average molecular weight is 396 g/mol. The molecule has 26 heavy (non-hydrogen) atoms. The van der Waals surface area contributed by atoms with Crippen molar-refractivity contribution in [1.29, 1.82) is 0 Å². The number of rotatable bonds is 4. The zero-order valence-corrected chi connectivity index (χ0v) is 15.6. The summed E-state index contributed by atoms with van der Waals surface area (Å²) in [7, 11) is 0. The number of nitrogens with one attached hydrogen (secondary N) is 1. The van der Waals surface area contributed by atoms with Crippen molar-refractivity contribution >= 4 is 35.1 Å². The van der Waals surface area contributed by atoms with E-state index in [1.54, 1.807) is 34.1 Å². The molecule has 1 saturated heterocycles. The molecule has 0 unspecified atom stereocenters. The molecule has 1 N–H and O–H groups in total. The minimum Gasteiger partial charge on any atom is -0.459 e. The van der Waals surface area contributed by atoms with Crippen molar-refractivity contribution < 1.29 is 14.0 Å². The summed E-state index contributed by atoms with van der Waals surface area (Å²) in [6.45, 7) is 2.41. The van der Waals surface area contributed by atoms with Gasteiger partial charge in [0.25, 0.3) is 5.91 Å². The summed E-state index contributed by atoms with van der Waals surface area (Å²) in [5.74, 6) is 0.176. The van der Waals surface area contributed by atoms with Crippen LogP contribution >= 0.6 is 23.2 Å². The predicted octanol–water partition coefficient (Wildman–Crippen LogP) is 3.30. The SMILES string of the molecule is O=C(NCCc1ccc(Cl)cc1Cl)N1CCN(C(=O)c2ccco2)CC1.